The Labute approximate surface area is 105 Å². The second-order valence-electron chi connectivity index (χ2n) is 4.15. The molecule has 0 amide bonds. The van der Waals surface area contributed by atoms with Crippen molar-refractivity contribution in [1.29, 1.82) is 0 Å². The van der Waals surface area contributed by atoms with Gasteiger partial charge in [0.05, 0.1) is 18.6 Å². The van der Waals surface area contributed by atoms with Crippen LogP contribution in [-0.2, 0) is 0 Å². The highest BCUT2D eigenvalue weighted by atomic mass is 19.2. The van der Waals surface area contributed by atoms with Gasteiger partial charge in [-0.1, -0.05) is 19.1 Å². The number of halogens is 2. The lowest BCUT2D eigenvalue weighted by Crippen LogP contribution is -2.23. The first kappa shape index (κ1) is 12.8. The SMILES string of the molecule is CCNC(c1ccoc1)c1ccc(C)c(F)c1F. The van der Waals surface area contributed by atoms with Gasteiger partial charge in [0, 0.05) is 11.1 Å². The third-order valence-electron chi connectivity index (χ3n) is 2.90. The fraction of sp³-hybridized carbons (Fsp3) is 0.286. The second kappa shape index (κ2) is 5.31. The molecule has 2 aromatic rings. The first-order chi connectivity index (χ1) is 8.65. The van der Waals surface area contributed by atoms with Gasteiger partial charge in [0.15, 0.2) is 11.6 Å². The van der Waals surface area contributed by atoms with Crippen LogP contribution in [0.5, 0.6) is 0 Å². The Kier molecular flexibility index (Phi) is 3.77. The van der Waals surface area contributed by atoms with E-state index in [1.54, 1.807) is 25.1 Å². The van der Waals surface area contributed by atoms with E-state index in [0.717, 1.165) is 5.56 Å². The number of aryl methyl sites for hydroxylation is 1. The highest BCUT2D eigenvalue weighted by Crippen LogP contribution is 2.27. The van der Waals surface area contributed by atoms with Crippen molar-refractivity contribution in [3.63, 3.8) is 0 Å². The van der Waals surface area contributed by atoms with E-state index in [1.807, 2.05) is 6.92 Å². The first-order valence-corrected chi connectivity index (χ1v) is 5.85. The smallest absolute Gasteiger partial charge is 0.164 e. The lowest BCUT2D eigenvalue weighted by Gasteiger charge is -2.18. The first-order valence-electron chi connectivity index (χ1n) is 5.85. The number of hydrogen-bond acceptors (Lipinski definition) is 2. The predicted molar refractivity (Wildman–Crippen MR) is 65.3 cm³/mol. The molecule has 0 bridgehead atoms. The molecule has 18 heavy (non-hydrogen) atoms. The summed E-state index contributed by atoms with van der Waals surface area (Å²) in [7, 11) is 0. The van der Waals surface area contributed by atoms with Crippen LogP contribution < -0.4 is 5.32 Å². The Morgan fingerprint density at radius 2 is 2.00 bits per heavy atom. The molecule has 2 nitrogen and oxygen atoms in total. The summed E-state index contributed by atoms with van der Waals surface area (Å²) in [6.45, 7) is 4.10. The highest BCUT2D eigenvalue weighted by molar-refractivity contribution is 5.33. The summed E-state index contributed by atoms with van der Waals surface area (Å²) in [6, 6.07) is 4.53. The van der Waals surface area contributed by atoms with E-state index in [9.17, 15) is 8.78 Å². The second-order valence-corrected chi connectivity index (χ2v) is 4.15. The number of rotatable bonds is 4. The van der Waals surface area contributed by atoms with E-state index in [-0.39, 0.29) is 0 Å². The average molecular weight is 251 g/mol. The van der Waals surface area contributed by atoms with E-state index in [1.165, 1.54) is 12.5 Å². The molecule has 0 saturated heterocycles. The molecule has 0 fully saturated rings. The standard InChI is InChI=1S/C14H15F2NO/c1-3-17-14(10-6-7-18-8-10)11-5-4-9(2)12(15)13(11)16/h4-8,14,17H,3H2,1-2H3. The molecule has 0 aliphatic heterocycles. The zero-order valence-electron chi connectivity index (χ0n) is 10.3. The van der Waals surface area contributed by atoms with E-state index in [0.29, 0.717) is 17.7 Å². The molecule has 1 aromatic heterocycles. The van der Waals surface area contributed by atoms with E-state index in [4.69, 9.17) is 4.42 Å². The van der Waals surface area contributed by atoms with Gasteiger partial charge in [-0.05, 0) is 25.1 Å². The molecule has 1 atom stereocenters. The summed E-state index contributed by atoms with van der Waals surface area (Å²) in [5.74, 6) is -1.60. The van der Waals surface area contributed by atoms with Gasteiger partial charge >= 0.3 is 0 Å². The molecule has 1 heterocycles. The molecule has 0 aliphatic rings. The maximum Gasteiger partial charge on any atom is 0.164 e. The minimum absolute atomic E-state index is 0.293. The van der Waals surface area contributed by atoms with Crippen LogP contribution in [0.2, 0.25) is 0 Å². The Balaban J connectivity index is 2.47. The number of nitrogens with one attached hydrogen (secondary N) is 1. The molecule has 1 N–H and O–H groups in total. The van der Waals surface area contributed by atoms with Crippen molar-refractivity contribution in [1.82, 2.24) is 5.32 Å². The summed E-state index contributed by atoms with van der Waals surface area (Å²) in [6.07, 6.45) is 3.05. The van der Waals surface area contributed by atoms with Crippen LogP contribution in [0, 0.1) is 18.6 Å². The van der Waals surface area contributed by atoms with E-state index < -0.39 is 17.7 Å². The van der Waals surface area contributed by atoms with Gasteiger partial charge < -0.3 is 9.73 Å². The molecule has 0 radical (unpaired) electrons. The van der Waals surface area contributed by atoms with Crippen molar-refractivity contribution in [2.45, 2.75) is 19.9 Å². The van der Waals surface area contributed by atoms with Crippen LogP contribution in [0.15, 0.2) is 35.1 Å². The van der Waals surface area contributed by atoms with Crippen molar-refractivity contribution in [3.8, 4) is 0 Å². The van der Waals surface area contributed by atoms with Crippen LogP contribution >= 0.6 is 0 Å². The monoisotopic (exact) mass is 251 g/mol. The Morgan fingerprint density at radius 3 is 2.61 bits per heavy atom. The zero-order chi connectivity index (χ0) is 13.1. The summed E-state index contributed by atoms with van der Waals surface area (Å²) >= 11 is 0. The molecule has 0 aliphatic carbocycles. The molecule has 0 spiro atoms. The summed E-state index contributed by atoms with van der Waals surface area (Å²) in [5.41, 5.74) is 1.37. The van der Waals surface area contributed by atoms with Crippen molar-refractivity contribution in [2.24, 2.45) is 0 Å². The van der Waals surface area contributed by atoms with Crippen molar-refractivity contribution in [3.05, 3.63) is 59.1 Å². The van der Waals surface area contributed by atoms with Gasteiger partial charge in [-0.15, -0.1) is 0 Å². The van der Waals surface area contributed by atoms with Crippen LogP contribution in [0.25, 0.3) is 0 Å². The Morgan fingerprint density at radius 1 is 1.22 bits per heavy atom. The molecule has 2 rings (SSSR count). The van der Waals surface area contributed by atoms with E-state index >= 15 is 0 Å². The average Bonchev–Trinajstić information content (AvgIpc) is 2.88. The lowest BCUT2D eigenvalue weighted by atomic mass is 9.99. The molecule has 1 aromatic carbocycles. The molecule has 0 saturated carbocycles. The largest absolute Gasteiger partial charge is 0.472 e. The van der Waals surface area contributed by atoms with Crippen LogP contribution in [0.1, 0.15) is 29.7 Å². The fourth-order valence-electron chi connectivity index (χ4n) is 1.93. The summed E-state index contributed by atoms with van der Waals surface area (Å²) in [5, 5.41) is 3.12. The Bertz CT molecular complexity index is 523. The maximum atomic E-state index is 14.0. The van der Waals surface area contributed by atoms with E-state index in [2.05, 4.69) is 5.32 Å². The predicted octanol–water partition coefficient (Wildman–Crippen LogP) is 3.57. The third kappa shape index (κ3) is 2.29. The van der Waals surface area contributed by atoms with Crippen molar-refractivity contribution in [2.75, 3.05) is 6.54 Å². The van der Waals surface area contributed by atoms with Crippen LogP contribution in [-0.4, -0.2) is 6.54 Å². The van der Waals surface area contributed by atoms with Gasteiger partial charge in [0.2, 0.25) is 0 Å². The maximum absolute atomic E-state index is 14.0. The highest BCUT2D eigenvalue weighted by Gasteiger charge is 2.21. The van der Waals surface area contributed by atoms with Gasteiger partial charge in [0.25, 0.3) is 0 Å². The Hall–Kier alpha value is -1.68. The third-order valence-corrected chi connectivity index (χ3v) is 2.90. The number of furan rings is 1. The number of benzene rings is 1. The zero-order valence-corrected chi connectivity index (χ0v) is 10.3. The van der Waals surface area contributed by atoms with Gasteiger partial charge in [-0.3, -0.25) is 0 Å². The molecule has 1 unspecified atom stereocenters. The molecule has 96 valence electrons. The van der Waals surface area contributed by atoms with Crippen LogP contribution in [0.4, 0.5) is 8.78 Å². The van der Waals surface area contributed by atoms with Gasteiger partial charge in [0.1, 0.15) is 0 Å². The molecular formula is C14H15F2NO. The van der Waals surface area contributed by atoms with Crippen LogP contribution in [0.3, 0.4) is 0 Å². The summed E-state index contributed by atoms with van der Waals surface area (Å²) < 4.78 is 32.6. The minimum Gasteiger partial charge on any atom is -0.472 e. The summed E-state index contributed by atoms with van der Waals surface area (Å²) in [4.78, 5) is 0. The van der Waals surface area contributed by atoms with Crippen molar-refractivity contribution >= 4 is 0 Å². The molecular weight excluding hydrogens is 236 g/mol. The lowest BCUT2D eigenvalue weighted by molar-refractivity contribution is 0.477. The molecule has 4 heteroatoms. The minimum atomic E-state index is -0.804. The number of hydrogen-bond donors (Lipinski definition) is 1. The topological polar surface area (TPSA) is 25.2 Å². The normalized spacial score (nSPS) is 12.7. The quantitative estimate of drug-likeness (QED) is 0.898. The fourth-order valence-corrected chi connectivity index (χ4v) is 1.93. The van der Waals surface area contributed by atoms with Gasteiger partial charge in [-0.25, -0.2) is 8.78 Å². The van der Waals surface area contributed by atoms with Gasteiger partial charge in [-0.2, -0.15) is 0 Å². The van der Waals surface area contributed by atoms with Crippen molar-refractivity contribution < 1.29 is 13.2 Å².